The number of aromatic nitrogens is 2. The van der Waals surface area contributed by atoms with Gasteiger partial charge < -0.3 is 4.52 Å². The van der Waals surface area contributed by atoms with E-state index in [1.54, 1.807) is 6.20 Å². The maximum atomic E-state index is 13.1. The van der Waals surface area contributed by atoms with Crippen molar-refractivity contribution in [1.82, 2.24) is 10.1 Å². The smallest absolute Gasteiger partial charge is 0.229 e. The Morgan fingerprint density at radius 2 is 2.08 bits per heavy atom. The van der Waals surface area contributed by atoms with Crippen LogP contribution in [0.3, 0.4) is 0 Å². The molecule has 24 heavy (non-hydrogen) atoms. The van der Waals surface area contributed by atoms with Gasteiger partial charge in [0.2, 0.25) is 5.91 Å². The zero-order valence-corrected chi connectivity index (χ0v) is 14.7. The maximum Gasteiger partial charge on any atom is 0.229 e. The van der Waals surface area contributed by atoms with E-state index in [0.29, 0.717) is 6.42 Å². The van der Waals surface area contributed by atoms with Crippen molar-refractivity contribution in [2.45, 2.75) is 64.8 Å². The Bertz CT molecular complexity index is 670. The molecule has 1 fully saturated rings. The van der Waals surface area contributed by atoms with Gasteiger partial charge in [0.05, 0.1) is 5.69 Å². The Labute approximate surface area is 143 Å². The van der Waals surface area contributed by atoms with Crippen molar-refractivity contribution in [3.8, 4) is 0 Å². The lowest BCUT2D eigenvalue weighted by atomic mass is 9.95. The van der Waals surface area contributed by atoms with E-state index in [1.807, 2.05) is 36.9 Å². The maximum absolute atomic E-state index is 13.1. The van der Waals surface area contributed by atoms with E-state index in [9.17, 15) is 4.79 Å². The molecule has 1 atom stereocenters. The molecular formula is C19H25N3O2. The molecule has 0 N–H and O–H groups in total. The molecule has 1 amide bonds. The number of carbonyl (C=O) groups is 1. The number of aryl methyl sites for hydroxylation is 2. The Hall–Kier alpha value is -2.17. The lowest BCUT2D eigenvalue weighted by molar-refractivity contribution is -0.119. The van der Waals surface area contributed by atoms with Gasteiger partial charge in [-0.05, 0) is 44.7 Å². The van der Waals surface area contributed by atoms with E-state index in [1.165, 1.54) is 12.8 Å². The van der Waals surface area contributed by atoms with Gasteiger partial charge in [0.1, 0.15) is 11.6 Å². The van der Waals surface area contributed by atoms with Crippen molar-refractivity contribution in [3.05, 3.63) is 41.4 Å². The number of hydrogen-bond donors (Lipinski definition) is 0. The van der Waals surface area contributed by atoms with Crippen LogP contribution < -0.4 is 4.90 Å². The van der Waals surface area contributed by atoms with Crippen molar-refractivity contribution < 1.29 is 9.32 Å². The summed E-state index contributed by atoms with van der Waals surface area (Å²) in [6.45, 7) is 5.90. The number of carbonyl (C=O) groups excluding carboxylic acids is 1. The third kappa shape index (κ3) is 3.35. The van der Waals surface area contributed by atoms with Gasteiger partial charge in [-0.2, -0.15) is 0 Å². The standard InChI is InChI=1S/C19H25N3O2/c1-13(19-14(2)21-24-15(19)3)12-18(23)22(16-8-4-5-9-16)17-10-6-7-11-20-17/h6-7,10-11,13,16H,4-5,8-9,12H2,1-3H3. The summed E-state index contributed by atoms with van der Waals surface area (Å²) in [4.78, 5) is 19.4. The zero-order chi connectivity index (χ0) is 17.1. The van der Waals surface area contributed by atoms with E-state index in [0.717, 1.165) is 35.7 Å². The highest BCUT2D eigenvalue weighted by molar-refractivity contribution is 5.93. The molecule has 0 aromatic carbocycles. The minimum absolute atomic E-state index is 0.0800. The van der Waals surface area contributed by atoms with Crippen molar-refractivity contribution >= 4 is 11.7 Å². The Morgan fingerprint density at radius 3 is 2.67 bits per heavy atom. The molecule has 1 unspecified atom stereocenters. The third-order valence-corrected chi connectivity index (χ3v) is 4.92. The Balaban J connectivity index is 1.81. The molecule has 0 radical (unpaired) electrons. The average molecular weight is 327 g/mol. The van der Waals surface area contributed by atoms with Crippen molar-refractivity contribution in [2.75, 3.05) is 4.90 Å². The van der Waals surface area contributed by atoms with Gasteiger partial charge in [-0.3, -0.25) is 9.69 Å². The molecule has 0 aliphatic heterocycles. The van der Waals surface area contributed by atoms with E-state index < -0.39 is 0 Å². The highest BCUT2D eigenvalue weighted by Crippen LogP contribution is 2.31. The van der Waals surface area contributed by atoms with Crippen LogP contribution in [-0.2, 0) is 4.79 Å². The van der Waals surface area contributed by atoms with E-state index in [2.05, 4.69) is 17.1 Å². The molecule has 0 saturated heterocycles. The van der Waals surface area contributed by atoms with Crippen LogP contribution in [0.15, 0.2) is 28.9 Å². The molecule has 2 aromatic rings. The first kappa shape index (κ1) is 16.7. The molecule has 0 spiro atoms. The van der Waals surface area contributed by atoms with E-state index >= 15 is 0 Å². The first-order chi connectivity index (χ1) is 11.6. The van der Waals surface area contributed by atoms with Crippen LogP contribution in [0.25, 0.3) is 0 Å². The van der Waals surface area contributed by atoms with Crippen LogP contribution >= 0.6 is 0 Å². The second-order valence-corrected chi connectivity index (χ2v) is 6.73. The number of rotatable bonds is 5. The predicted molar refractivity (Wildman–Crippen MR) is 93.0 cm³/mol. The van der Waals surface area contributed by atoms with E-state index in [4.69, 9.17) is 4.52 Å². The molecule has 1 aliphatic carbocycles. The molecule has 3 rings (SSSR count). The fourth-order valence-electron chi connectivity index (χ4n) is 3.83. The second kappa shape index (κ2) is 7.16. The average Bonchev–Trinajstić information content (AvgIpc) is 3.19. The molecule has 1 saturated carbocycles. The van der Waals surface area contributed by atoms with Gasteiger partial charge in [0, 0.05) is 24.2 Å². The summed E-state index contributed by atoms with van der Waals surface area (Å²) < 4.78 is 5.26. The fourth-order valence-corrected chi connectivity index (χ4v) is 3.83. The molecule has 5 heteroatoms. The monoisotopic (exact) mass is 327 g/mol. The number of pyridine rings is 1. The highest BCUT2D eigenvalue weighted by Gasteiger charge is 2.30. The molecule has 128 valence electrons. The first-order valence-electron chi connectivity index (χ1n) is 8.73. The summed E-state index contributed by atoms with van der Waals surface area (Å²) in [6, 6.07) is 6.02. The molecule has 0 bridgehead atoms. The zero-order valence-electron chi connectivity index (χ0n) is 14.7. The fraction of sp³-hybridized carbons (Fsp3) is 0.526. The second-order valence-electron chi connectivity index (χ2n) is 6.73. The van der Waals surface area contributed by atoms with Crippen molar-refractivity contribution in [1.29, 1.82) is 0 Å². The summed E-state index contributed by atoms with van der Waals surface area (Å²) in [5.74, 6) is 1.78. The van der Waals surface area contributed by atoms with Gasteiger partial charge in [0.25, 0.3) is 0 Å². The predicted octanol–water partition coefficient (Wildman–Crippen LogP) is 4.16. The van der Waals surface area contributed by atoms with Gasteiger partial charge in [-0.25, -0.2) is 4.98 Å². The van der Waals surface area contributed by atoms with E-state index in [-0.39, 0.29) is 17.9 Å². The first-order valence-corrected chi connectivity index (χ1v) is 8.73. The van der Waals surface area contributed by atoms with Gasteiger partial charge in [-0.1, -0.05) is 31.0 Å². The van der Waals surface area contributed by atoms with Gasteiger partial charge in [-0.15, -0.1) is 0 Å². The summed E-state index contributed by atoms with van der Waals surface area (Å²) in [5, 5.41) is 4.01. The topological polar surface area (TPSA) is 59.2 Å². The lowest BCUT2D eigenvalue weighted by Gasteiger charge is -2.29. The Kier molecular flexibility index (Phi) is 4.97. The van der Waals surface area contributed by atoms with Crippen molar-refractivity contribution in [2.24, 2.45) is 0 Å². The normalized spacial score (nSPS) is 16.3. The van der Waals surface area contributed by atoms with Crippen LogP contribution in [0.5, 0.6) is 0 Å². The van der Waals surface area contributed by atoms with Crippen LogP contribution in [0, 0.1) is 13.8 Å². The summed E-state index contributed by atoms with van der Waals surface area (Å²) in [6.07, 6.45) is 6.67. The number of anilines is 1. The SMILES string of the molecule is Cc1noc(C)c1C(C)CC(=O)N(c1ccccn1)C1CCCC1. The lowest BCUT2D eigenvalue weighted by Crippen LogP contribution is -2.40. The molecule has 2 heterocycles. The molecular weight excluding hydrogens is 302 g/mol. The minimum atomic E-state index is 0.0800. The van der Waals surface area contributed by atoms with Crippen molar-refractivity contribution in [3.63, 3.8) is 0 Å². The summed E-state index contributed by atoms with van der Waals surface area (Å²) in [5.41, 5.74) is 1.92. The Morgan fingerprint density at radius 1 is 1.33 bits per heavy atom. The third-order valence-electron chi connectivity index (χ3n) is 4.92. The summed E-state index contributed by atoms with van der Waals surface area (Å²) in [7, 11) is 0. The number of amides is 1. The van der Waals surface area contributed by atoms with Gasteiger partial charge >= 0.3 is 0 Å². The van der Waals surface area contributed by atoms with Crippen LogP contribution in [0.4, 0.5) is 5.82 Å². The molecule has 1 aliphatic rings. The number of hydrogen-bond acceptors (Lipinski definition) is 4. The van der Waals surface area contributed by atoms with Crippen LogP contribution in [-0.4, -0.2) is 22.1 Å². The molecule has 2 aromatic heterocycles. The van der Waals surface area contributed by atoms with Gasteiger partial charge in [0.15, 0.2) is 0 Å². The minimum Gasteiger partial charge on any atom is -0.361 e. The highest BCUT2D eigenvalue weighted by atomic mass is 16.5. The van der Waals surface area contributed by atoms with Crippen LogP contribution in [0.1, 0.15) is 62.0 Å². The van der Waals surface area contributed by atoms with Crippen LogP contribution in [0.2, 0.25) is 0 Å². The molecule has 5 nitrogen and oxygen atoms in total. The summed E-state index contributed by atoms with van der Waals surface area (Å²) >= 11 is 0. The number of nitrogens with zero attached hydrogens (tertiary/aromatic N) is 3. The largest absolute Gasteiger partial charge is 0.361 e. The quantitative estimate of drug-likeness (QED) is 0.827.